The normalized spacial score (nSPS) is 18.0. The fourth-order valence-corrected chi connectivity index (χ4v) is 3.55. The van der Waals surface area contributed by atoms with Gasteiger partial charge in [-0.15, -0.1) is 0 Å². The van der Waals surface area contributed by atoms with E-state index < -0.39 is 0 Å². The molecule has 0 saturated carbocycles. The third kappa shape index (κ3) is 9.32. The summed E-state index contributed by atoms with van der Waals surface area (Å²) < 4.78 is 5.64. The minimum Gasteiger partial charge on any atom is -0.381 e. The molecule has 0 amide bonds. The van der Waals surface area contributed by atoms with E-state index in [4.69, 9.17) is 4.74 Å². The highest BCUT2D eigenvalue weighted by Crippen LogP contribution is 2.08. The van der Waals surface area contributed by atoms with Gasteiger partial charge < -0.3 is 20.7 Å². The van der Waals surface area contributed by atoms with Crippen molar-refractivity contribution in [3.05, 3.63) is 65.5 Å². The smallest absolute Gasteiger partial charge is 0.0541 e. The van der Waals surface area contributed by atoms with E-state index in [1.54, 1.807) is 0 Å². The second-order valence-corrected chi connectivity index (χ2v) is 7.84. The lowest BCUT2D eigenvalue weighted by atomic mass is 10.1. The Morgan fingerprint density at radius 3 is 2.20 bits per heavy atom. The molecule has 30 heavy (non-hydrogen) atoms. The highest BCUT2D eigenvalue weighted by atomic mass is 16.5. The van der Waals surface area contributed by atoms with E-state index in [2.05, 4.69) is 50.1 Å². The van der Waals surface area contributed by atoms with Crippen molar-refractivity contribution in [2.75, 3.05) is 52.5 Å². The first kappa shape index (κ1) is 22.8. The first-order valence-corrected chi connectivity index (χ1v) is 11.3. The van der Waals surface area contributed by atoms with Crippen molar-refractivity contribution in [2.45, 2.75) is 32.5 Å². The maximum atomic E-state index is 5.64. The molecule has 164 valence electrons. The fourth-order valence-electron chi connectivity index (χ4n) is 3.55. The van der Waals surface area contributed by atoms with Crippen LogP contribution in [0.25, 0.3) is 0 Å². The Bertz CT molecular complexity index is 666. The standard InChI is InChI=1S/C24H37N5O/c1-2-12-28-24(5-1)20-27-19-22-6-8-23(9-7-22)21-29-15-13-25-10-3-17-30-18-4-11-26-14-16-29/h1-2,5-9,12,25-27H,3-4,10-11,13-21H2. The predicted octanol–water partition coefficient (Wildman–Crippen LogP) is 2.16. The zero-order valence-corrected chi connectivity index (χ0v) is 18.1. The van der Waals surface area contributed by atoms with Crippen LogP contribution in [0.5, 0.6) is 0 Å². The van der Waals surface area contributed by atoms with Crippen molar-refractivity contribution in [2.24, 2.45) is 0 Å². The fraction of sp³-hybridized carbons (Fsp3) is 0.542. The largest absolute Gasteiger partial charge is 0.381 e. The van der Waals surface area contributed by atoms with Gasteiger partial charge in [-0.3, -0.25) is 9.88 Å². The summed E-state index contributed by atoms with van der Waals surface area (Å²) in [4.78, 5) is 6.89. The average molecular weight is 412 g/mol. The molecular formula is C24H37N5O. The summed E-state index contributed by atoms with van der Waals surface area (Å²) >= 11 is 0. The van der Waals surface area contributed by atoms with Crippen LogP contribution in [0, 0.1) is 0 Å². The van der Waals surface area contributed by atoms with E-state index >= 15 is 0 Å². The Morgan fingerprint density at radius 1 is 0.833 bits per heavy atom. The minimum absolute atomic E-state index is 0.794. The van der Waals surface area contributed by atoms with Gasteiger partial charge in [0.2, 0.25) is 0 Å². The van der Waals surface area contributed by atoms with Crippen molar-refractivity contribution in [1.82, 2.24) is 25.8 Å². The maximum absolute atomic E-state index is 5.64. The van der Waals surface area contributed by atoms with Crippen LogP contribution in [-0.4, -0.2) is 62.4 Å². The molecule has 0 spiro atoms. The van der Waals surface area contributed by atoms with Crippen LogP contribution < -0.4 is 16.0 Å². The van der Waals surface area contributed by atoms with Gasteiger partial charge in [-0.2, -0.15) is 0 Å². The van der Waals surface area contributed by atoms with Crippen molar-refractivity contribution in [3.8, 4) is 0 Å². The number of hydrogen-bond donors (Lipinski definition) is 3. The summed E-state index contributed by atoms with van der Waals surface area (Å²) in [6, 6.07) is 15.0. The Morgan fingerprint density at radius 2 is 1.53 bits per heavy atom. The van der Waals surface area contributed by atoms with Crippen LogP contribution >= 0.6 is 0 Å². The first-order valence-electron chi connectivity index (χ1n) is 11.3. The Kier molecular flexibility index (Phi) is 10.8. The summed E-state index contributed by atoms with van der Waals surface area (Å²) in [5.74, 6) is 0. The zero-order valence-electron chi connectivity index (χ0n) is 18.1. The van der Waals surface area contributed by atoms with E-state index in [0.717, 1.165) is 90.7 Å². The number of rotatable bonds is 6. The summed E-state index contributed by atoms with van der Waals surface area (Å²) in [5.41, 5.74) is 3.75. The first-order chi connectivity index (χ1) is 14.9. The lowest BCUT2D eigenvalue weighted by Gasteiger charge is -2.23. The van der Waals surface area contributed by atoms with Gasteiger partial charge in [-0.05, 0) is 49.2 Å². The van der Waals surface area contributed by atoms with Crippen LogP contribution in [0.1, 0.15) is 29.7 Å². The Hall–Kier alpha value is -1.83. The molecule has 1 aliphatic heterocycles. The van der Waals surface area contributed by atoms with Gasteiger partial charge in [-0.1, -0.05) is 30.3 Å². The number of aromatic nitrogens is 1. The molecule has 3 rings (SSSR count). The molecule has 2 aromatic rings. The number of nitrogens with zero attached hydrogens (tertiary/aromatic N) is 2. The molecule has 1 aromatic heterocycles. The average Bonchev–Trinajstić information content (AvgIpc) is 2.78. The molecule has 1 fully saturated rings. The number of pyridine rings is 1. The molecule has 2 heterocycles. The summed E-state index contributed by atoms with van der Waals surface area (Å²) in [5, 5.41) is 10.6. The molecule has 6 nitrogen and oxygen atoms in total. The van der Waals surface area contributed by atoms with Gasteiger partial charge in [0.05, 0.1) is 5.69 Å². The van der Waals surface area contributed by atoms with Gasteiger partial charge in [0.1, 0.15) is 0 Å². The second-order valence-electron chi connectivity index (χ2n) is 7.84. The molecule has 0 bridgehead atoms. The van der Waals surface area contributed by atoms with Crippen LogP contribution in [0.3, 0.4) is 0 Å². The monoisotopic (exact) mass is 411 g/mol. The van der Waals surface area contributed by atoms with Gasteiger partial charge in [0, 0.05) is 65.2 Å². The molecule has 0 aliphatic carbocycles. The van der Waals surface area contributed by atoms with Gasteiger partial charge in [0.25, 0.3) is 0 Å². The Balaban J connectivity index is 1.42. The maximum Gasteiger partial charge on any atom is 0.0541 e. The van der Waals surface area contributed by atoms with Crippen molar-refractivity contribution in [3.63, 3.8) is 0 Å². The third-order valence-electron chi connectivity index (χ3n) is 5.28. The van der Waals surface area contributed by atoms with Crippen molar-refractivity contribution >= 4 is 0 Å². The molecule has 3 N–H and O–H groups in total. The van der Waals surface area contributed by atoms with E-state index in [-0.39, 0.29) is 0 Å². The molecule has 0 unspecified atom stereocenters. The van der Waals surface area contributed by atoms with E-state index in [1.807, 2.05) is 24.4 Å². The van der Waals surface area contributed by atoms with Gasteiger partial charge in [0.15, 0.2) is 0 Å². The van der Waals surface area contributed by atoms with E-state index in [0.29, 0.717) is 0 Å². The molecule has 1 aliphatic rings. The van der Waals surface area contributed by atoms with Crippen LogP contribution in [0.4, 0.5) is 0 Å². The quantitative estimate of drug-likeness (QED) is 0.677. The van der Waals surface area contributed by atoms with Crippen molar-refractivity contribution < 1.29 is 4.74 Å². The van der Waals surface area contributed by atoms with E-state index in [9.17, 15) is 0 Å². The highest BCUT2D eigenvalue weighted by molar-refractivity contribution is 5.22. The number of benzene rings is 1. The molecule has 0 radical (unpaired) electrons. The van der Waals surface area contributed by atoms with E-state index in [1.165, 1.54) is 11.1 Å². The van der Waals surface area contributed by atoms with Gasteiger partial charge >= 0.3 is 0 Å². The lowest BCUT2D eigenvalue weighted by Crippen LogP contribution is -2.37. The summed E-state index contributed by atoms with van der Waals surface area (Å²) in [6.45, 7) is 10.6. The minimum atomic E-state index is 0.794. The van der Waals surface area contributed by atoms with Crippen LogP contribution in [0.2, 0.25) is 0 Å². The van der Waals surface area contributed by atoms with Crippen molar-refractivity contribution in [1.29, 1.82) is 0 Å². The van der Waals surface area contributed by atoms with Crippen LogP contribution in [0.15, 0.2) is 48.7 Å². The number of hydrogen-bond acceptors (Lipinski definition) is 6. The SMILES string of the molecule is c1ccc(CNCc2ccc(CN3CCNCCCOCCCNCC3)cc2)nc1. The molecular weight excluding hydrogens is 374 g/mol. The molecule has 0 atom stereocenters. The third-order valence-corrected chi connectivity index (χ3v) is 5.28. The summed E-state index contributed by atoms with van der Waals surface area (Å²) in [6.07, 6.45) is 4.01. The Labute approximate surface area is 181 Å². The second kappa shape index (κ2) is 14.2. The van der Waals surface area contributed by atoms with Gasteiger partial charge in [-0.25, -0.2) is 0 Å². The predicted molar refractivity (Wildman–Crippen MR) is 122 cm³/mol. The van der Waals surface area contributed by atoms with Crippen LogP contribution in [-0.2, 0) is 24.4 Å². The number of nitrogens with one attached hydrogen (secondary N) is 3. The summed E-state index contributed by atoms with van der Waals surface area (Å²) in [7, 11) is 0. The molecule has 1 aromatic carbocycles. The zero-order chi connectivity index (χ0) is 20.7. The topological polar surface area (TPSA) is 61.5 Å². The molecule has 6 heteroatoms. The highest BCUT2D eigenvalue weighted by Gasteiger charge is 2.07. The number of ether oxygens (including phenoxy) is 1. The lowest BCUT2D eigenvalue weighted by molar-refractivity contribution is 0.128. The molecule has 1 saturated heterocycles.